The zero-order valence-electron chi connectivity index (χ0n) is 12.4. The van der Waals surface area contributed by atoms with E-state index in [-0.39, 0.29) is 0 Å². The van der Waals surface area contributed by atoms with Crippen molar-refractivity contribution in [3.05, 3.63) is 22.1 Å². The van der Waals surface area contributed by atoms with Crippen LogP contribution in [-0.2, 0) is 19.9 Å². The lowest BCUT2D eigenvalue weighted by molar-refractivity contribution is 0.746. The number of aromatic nitrogens is 4. The molecule has 20 heavy (non-hydrogen) atoms. The quantitative estimate of drug-likeness (QED) is 0.910. The van der Waals surface area contributed by atoms with Crippen molar-refractivity contribution in [3.63, 3.8) is 0 Å². The van der Waals surface area contributed by atoms with E-state index in [1.54, 1.807) is 0 Å². The topological polar surface area (TPSA) is 55.6 Å². The fraction of sp³-hybridized carbons (Fsp3) is 0.500. The van der Waals surface area contributed by atoms with Gasteiger partial charge in [0.25, 0.3) is 0 Å². The Kier molecular flexibility index (Phi) is 4.75. The Hall–Kier alpha value is -1.43. The van der Waals surface area contributed by atoms with E-state index in [0.29, 0.717) is 0 Å². The average Bonchev–Trinajstić information content (AvgIpc) is 2.82. The van der Waals surface area contributed by atoms with E-state index in [9.17, 15) is 0 Å². The van der Waals surface area contributed by atoms with Crippen molar-refractivity contribution >= 4 is 21.7 Å². The SMILES string of the molecule is CCCc1nc(-c2cn(C)nc2CC)nc(NC)c1Br. The number of nitrogens with zero attached hydrogens (tertiary/aromatic N) is 4. The van der Waals surface area contributed by atoms with Gasteiger partial charge in [-0.25, -0.2) is 9.97 Å². The van der Waals surface area contributed by atoms with Gasteiger partial charge in [-0.05, 0) is 28.8 Å². The number of rotatable bonds is 5. The summed E-state index contributed by atoms with van der Waals surface area (Å²) in [6.45, 7) is 4.24. The molecule has 108 valence electrons. The lowest BCUT2D eigenvalue weighted by atomic mass is 10.2. The molecule has 2 aromatic rings. The molecule has 0 bridgehead atoms. The predicted octanol–water partition coefficient (Wildman–Crippen LogP) is 3.20. The van der Waals surface area contributed by atoms with Gasteiger partial charge in [-0.15, -0.1) is 0 Å². The van der Waals surface area contributed by atoms with Gasteiger partial charge in [0.1, 0.15) is 5.82 Å². The first kappa shape index (κ1) is 15.0. The van der Waals surface area contributed by atoms with Crippen LogP contribution < -0.4 is 5.32 Å². The summed E-state index contributed by atoms with van der Waals surface area (Å²) in [6, 6.07) is 0. The van der Waals surface area contributed by atoms with Gasteiger partial charge in [0.2, 0.25) is 0 Å². The molecule has 0 unspecified atom stereocenters. The molecular formula is C14H20BrN5. The minimum Gasteiger partial charge on any atom is -0.372 e. The van der Waals surface area contributed by atoms with Gasteiger partial charge in [-0.2, -0.15) is 5.10 Å². The molecule has 0 saturated heterocycles. The van der Waals surface area contributed by atoms with E-state index in [2.05, 4.69) is 45.2 Å². The zero-order chi connectivity index (χ0) is 14.7. The van der Waals surface area contributed by atoms with Crippen LogP contribution in [0.2, 0.25) is 0 Å². The third kappa shape index (κ3) is 2.85. The second-order valence-corrected chi connectivity index (χ2v) is 5.47. The molecular weight excluding hydrogens is 318 g/mol. The third-order valence-corrected chi connectivity index (χ3v) is 3.96. The molecule has 2 aromatic heterocycles. The molecule has 0 aliphatic carbocycles. The summed E-state index contributed by atoms with van der Waals surface area (Å²) in [4.78, 5) is 9.31. The Labute approximate surface area is 128 Å². The Morgan fingerprint density at radius 1 is 1.25 bits per heavy atom. The van der Waals surface area contributed by atoms with Crippen molar-refractivity contribution in [2.45, 2.75) is 33.1 Å². The molecule has 0 saturated carbocycles. The smallest absolute Gasteiger partial charge is 0.165 e. The van der Waals surface area contributed by atoms with Gasteiger partial charge in [0, 0.05) is 20.3 Å². The van der Waals surface area contributed by atoms with Gasteiger partial charge >= 0.3 is 0 Å². The molecule has 0 aliphatic rings. The van der Waals surface area contributed by atoms with Crippen molar-refractivity contribution in [2.24, 2.45) is 7.05 Å². The second-order valence-electron chi connectivity index (χ2n) is 4.67. The van der Waals surface area contributed by atoms with Gasteiger partial charge in [-0.3, -0.25) is 4.68 Å². The van der Waals surface area contributed by atoms with Crippen LogP contribution in [0.5, 0.6) is 0 Å². The lowest BCUT2D eigenvalue weighted by Crippen LogP contribution is -2.04. The Morgan fingerprint density at radius 3 is 2.60 bits per heavy atom. The lowest BCUT2D eigenvalue weighted by Gasteiger charge is -2.10. The predicted molar refractivity (Wildman–Crippen MR) is 84.9 cm³/mol. The molecule has 0 amide bonds. The first-order valence-corrected chi connectivity index (χ1v) is 7.67. The van der Waals surface area contributed by atoms with E-state index >= 15 is 0 Å². The van der Waals surface area contributed by atoms with Gasteiger partial charge in [-0.1, -0.05) is 20.3 Å². The fourth-order valence-electron chi connectivity index (χ4n) is 2.16. The molecule has 5 nitrogen and oxygen atoms in total. The molecule has 1 N–H and O–H groups in total. The van der Waals surface area contributed by atoms with E-state index < -0.39 is 0 Å². The van der Waals surface area contributed by atoms with Crippen LogP contribution in [0.25, 0.3) is 11.4 Å². The highest BCUT2D eigenvalue weighted by Gasteiger charge is 2.16. The summed E-state index contributed by atoms with van der Waals surface area (Å²) >= 11 is 3.58. The number of nitrogens with one attached hydrogen (secondary N) is 1. The molecule has 0 aliphatic heterocycles. The number of anilines is 1. The molecule has 0 radical (unpaired) electrons. The highest BCUT2D eigenvalue weighted by atomic mass is 79.9. The molecule has 0 atom stereocenters. The maximum absolute atomic E-state index is 4.71. The minimum absolute atomic E-state index is 0.742. The maximum Gasteiger partial charge on any atom is 0.165 e. The third-order valence-electron chi connectivity index (χ3n) is 3.12. The maximum atomic E-state index is 4.71. The largest absolute Gasteiger partial charge is 0.372 e. The number of aryl methyl sites for hydroxylation is 3. The highest BCUT2D eigenvalue weighted by Crippen LogP contribution is 2.29. The molecule has 2 heterocycles. The van der Waals surface area contributed by atoms with Gasteiger partial charge in [0.05, 0.1) is 21.4 Å². The zero-order valence-corrected chi connectivity index (χ0v) is 14.0. The van der Waals surface area contributed by atoms with Crippen LogP contribution in [-0.4, -0.2) is 26.8 Å². The first-order chi connectivity index (χ1) is 9.60. The molecule has 0 aromatic carbocycles. The van der Waals surface area contributed by atoms with E-state index in [4.69, 9.17) is 4.98 Å². The number of hydrogen-bond acceptors (Lipinski definition) is 4. The molecule has 2 rings (SSSR count). The standard InChI is InChI=1S/C14H20BrN5/c1-5-7-11-12(15)14(16-3)18-13(17-11)9-8-20(4)19-10(9)6-2/h8H,5-7H2,1-4H3,(H,16,17,18). The summed E-state index contributed by atoms with van der Waals surface area (Å²) in [5, 5.41) is 7.59. The average molecular weight is 338 g/mol. The summed E-state index contributed by atoms with van der Waals surface area (Å²) in [5.74, 6) is 1.57. The van der Waals surface area contributed by atoms with Crippen molar-refractivity contribution in [1.82, 2.24) is 19.7 Å². The van der Waals surface area contributed by atoms with E-state index in [1.165, 1.54) is 0 Å². The van der Waals surface area contributed by atoms with E-state index in [0.717, 1.165) is 52.3 Å². The van der Waals surface area contributed by atoms with Crippen LogP contribution in [0.3, 0.4) is 0 Å². The van der Waals surface area contributed by atoms with Crippen molar-refractivity contribution < 1.29 is 0 Å². The summed E-state index contributed by atoms with van der Waals surface area (Å²) in [7, 11) is 3.80. The number of hydrogen-bond donors (Lipinski definition) is 1. The molecule has 0 spiro atoms. The monoisotopic (exact) mass is 337 g/mol. The van der Waals surface area contributed by atoms with Crippen molar-refractivity contribution in [1.29, 1.82) is 0 Å². The summed E-state index contributed by atoms with van der Waals surface area (Å²) < 4.78 is 2.77. The van der Waals surface area contributed by atoms with Crippen LogP contribution in [0, 0.1) is 0 Å². The molecule has 6 heteroatoms. The van der Waals surface area contributed by atoms with Crippen molar-refractivity contribution in [3.8, 4) is 11.4 Å². The van der Waals surface area contributed by atoms with E-state index in [1.807, 2.05) is 25.0 Å². The summed E-state index contributed by atoms with van der Waals surface area (Å²) in [5.41, 5.74) is 3.07. The van der Waals surface area contributed by atoms with Crippen LogP contribution in [0.4, 0.5) is 5.82 Å². The van der Waals surface area contributed by atoms with Crippen molar-refractivity contribution in [2.75, 3.05) is 12.4 Å². The van der Waals surface area contributed by atoms with Gasteiger partial charge in [0.15, 0.2) is 5.82 Å². The molecule has 0 fully saturated rings. The summed E-state index contributed by atoms with van der Waals surface area (Å²) in [6.07, 6.45) is 4.82. The van der Waals surface area contributed by atoms with Crippen LogP contribution >= 0.6 is 15.9 Å². The Balaban J connectivity index is 2.58. The Morgan fingerprint density at radius 2 is 2.00 bits per heavy atom. The minimum atomic E-state index is 0.742. The first-order valence-electron chi connectivity index (χ1n) is 6.87. The van der Waals surface area contributed by atoms with Gasteiger partial charge < -0.3 is 5.32 Å². The second kappa shape index (κ2) is 6.35. The highest BCUT2D eigenvalue weighted by molar-refractivity contribution is 9.10. The number of halogens is 1. The normalized spacial score (nSPS) is 10.8. The Bertz CT molecular complexity index is 606. The fourth-order valence-corrected chi connectivity index (χ4v) is 2.74. The van der Waals surface area contributed by atoms with Crippen LogP contribution in [0.1, 0.15) is 31.7 Å². The van der Waals surface area contributed by atoms with Crippen LogP contribution in [0.15, 0.2) is 10.7 Å².